The summed E-state index contributed by atoms with van der Waals surface area (Å²) in [7, 11) is 0. The van der Waals surface area contributed by atoms with E-state index in [1.54, 1.807) is 0 Å². The van der Waals surface area contributed by atoms with Gasteiger partial charge in [0.1, 0.15) is 0 Å². The number of ether oxygens (including phenoxy) is 1. The zero-order valence-electron chi connectivity index (χ0n) is 8.01. The van der Waals surface area contributed by atoms with E-state index in [-0.39, 0.29) is 5.97 Å². The molecule has 0 aromatic rings. The van der Waals surface area contributed by atoms with Gasteiger partial charge in [-0.05, 0) is 26.2 Å². The molecule has 0 aliphatic rings. The first-order valence-corrected chi connectivity index (χ1v) is 4.58. The Morgan fingerprint density at radius 3 is 2.83 bits per heavy atom. The number of carbonyl (C=O) groups is 1. The Morgan fingerprint density at radius 1 is 1.50 bits per heavy atom. The van der Waals surface area contributed by atoms with Crippen molar-refractivity contribution in [3.8, 4) is 0 Å². The second-order valence-electron chi connectivity index (χ2n) is 2.68. The van der Waals surface area contributed by atoms with Crippen molar-refractivity contribution in [3.63, 3.8) is 0 Å². The maximum absolute atomic E-state index is 10.9. The van der Waals surface area contributed by atoms with Crippen LogP contribution in [0.3, 0.4) is 0 Å². The summed E-state index contributed by atoms with van der Waals surface area (Å²) in [6.45, 7) is 4.53. The topological polar surface area (TPSA) is 26.3 Å². The monoisotopic (exact) mass is 170 g/mol. The van der Waals surface area contributed by atoms with Crippen molar-refractivity contribution in [1.82, 2.24) is 0 Å². The van der Waals surface area contributed by atoms with Gasteiger partial charge >= 0.3 is 5.97 Å². The third kappa shape index (κ3) is 7.32. The van der Waals surface area contributed by atoms with Crippen LogP contribution in [0, 0.1) is 0 Å². The summed E-state index contributed by atoms with van der Waals surface area (Å²) in [5.74, 6) is -0.0682. The van der Waals surface area contributed by atoms with E-state index in [1.807, 2.05) is 19.9 Å². The van der Waals surface area contributed by atoms with Crippen LogP contribution in [0.5, 0.6) is 0 Å². The molecular weight excluding hydrogens is 152 g/mol. The maximum Gasteiger partial charge on any atom is 0.305 e. The molecule has 0 aromatic heterocycles. The minimum absolute atomic E-state index is 0.0682. The van der Waals surface area contributed by atoms with Gasteiger partial charge in [-0.25, -0.2) is 0 Å². The molecule has 0 saturated heterocycles. The quantitative estimate of drug-likeness (QED) is 0.348. The predicted octanol–water partition coefficient (Wildman–Crippen LogP) is 2.69. The second kappa shape index (κ2) is 8.31. The lowest BCUT2D eigenvalue weighted by Crippen LogP contribution is -2.04. The minimum Gasteiger partial charge on any atom is -0.466 e. The van der Waals surface area contributed by atoms with Crippen molar-refractivity contribution in [1.29, 1.82) is 0 Å². The Kier molecular flexibility index (Phi) is 7.76. The van der Waals surface area contributed by atoms with Crippen molar-refractivity contribution in [3.05, 3.63) is 12.2 Å². The van der Waals surface area contributed by atoms with Gasteiger partial charge in [0, 0.05) is 6.42 Å². The highest BCUT2D eigenvalue weighted by molar-refractivity contribution is 5.69. The first-order valence-electron chi connectivity index (χ1n) is 4.58. The lowest BCUT2D eigenvalue weighted by Gasteiger charge is -2.00. The van der Waals surface area contributed by atoms with Gasteiger partial charge in [0.05, 0.1) is 6.61 Å². The van der Waals surface area contributed by atoms with Crippen molar-refractivity contribution in [2.75, 3.05) is 6.61 Å². The fraction of sp³-hybridized carbons (Fsp3) is 0.700. The molecule has 0 unspecified atom stereocenters. The van der Waals surface area contributed by atoms with Gasteiger partial charge in [-0.3, -0.25) is 4.79 Å². The van der Waals surface area contributed by atoms with Crippen LogP contribution in [-0.2, 0) is 9.53 Å². The first kappa shape index (κ1) is 11.2. The molecule has 0 radical (unpaired) electrons. The molecule has 0 heterocycles. The third-order valence-corrected chi connectivity index (χ3v) is 1.45. The van der Waals surface area contributed by atoms with Crippen molar-refractivity contribution in [2.24, 2.45) is 0 Å². The van der Waals surface area contributed by atoms with Crippen molar-refractivity contribution >= 4 is 5.97 Å². The third-order valence-electron chi connectivity index (χ3n) is 1.45. The fourth-order valence-electron chi connectivity index (χ4n) is 0.819. The van der Waals surface area contributed by atoms with Gasteiger partial charge in [-0.2, -0.15) is 0 Å². The molecular formula is C10H18O2. The van der Waals surface area contributed by atoms with Gasteiger partial charge in [0.25, 0.3) is 0 Å². The van der Waals surface area contributed by atoms with E-state index < -0.39 is 0 Å². The zero-order valence-corrected chi connectivity index (χ0v) is 8.01. The molecule has 0 N–H and O–H groups in total. The average molecular weight is 170 g/mol. The van der Waals surface area contributed by atoms with Crippen LogP contribution in [0.15, 0.2) is 12.2 Å². The van der Waals surface area contributed by atoms with E-state index in [4.69, 9.17) is 4.74 Å². The molecule has 0 fully saturated rings. The van der Waals surface area contributed by atoms with E-state index in [0.29, 0.717) is 13.0 Å². The van der Waals surface area contributed by atoms with Gasteiger partial charge in [0.15, 0.2) is 0 Å². The smallest absolute Gasteiger partial charge is 0.305 e. The molecule has 0 atom stereocenters. The van der Waals surface area contributed by atoms with Crippen molar-refractivity contribution < 1.29 is 9.53 Å². The Labute approximate surface area is 74.6 Å². The molecule has 2 heteroatoms. The van der Waals surface area contributed by atoms with Crippen LogP contribution < -0.4 is 0 Å². The summed E-state index contributed by atoms with van der Waals surface area (Å²) in [6.07, 6.45) is 7.38. The van der Waals surface area contributed by atoms with Crippen LogP contribution in [0.25, 0.3) is 0 Å². The van der Waals surface area contributed by atoms with E-state index in [1.165, 1.54) is 0 Å². The Balaban J connectivity index is 3.19. The fourth-order valence-corrected chi connectivity index (χ4v) is 0.819. The summed E-state index contributed by atoms with van der Waals surface area (Å²) >= 11 is 0. The van der Waals surface area contributed by atoms with Gasteiger partial charge in [-0.1, -0.05) is 19.1 Å². The SMILES string of the molecule is C/C=C\CCCC(=O)OCCC. The molecule has 0 aromatic carbocycles. The van der Waals surface area contributed by atoms with E-state index in [2.05, 4.69) is 6.08 Å². The largest absolute Gasteiger partial charge is 0.466 e. The summed E-state index contributed by atoms with van der Waals surface area (Å²) in [5.41, 5.74) is 0. The molecule has 0 rings (SSSR count). The lowest BCUT2D eigenvalue weighted by molar-refractivity contribution is -0.143. The summed E-state index contributed by atoms with van der Waals surface area (Å²) in [4.78, 5) is 10.9. The second-order valence-corrected chi connectivity index (χ2v) is 2.68. The predicted molar refractivity (Wildman–Crippen MR) is 49.9 cm³/mol. The summed E-state index contributed by atoms with van der Waals surface area (Å²) in [5, 5.41) is 0. The minimum atomic E-state index is -0.0682. The number of rotatable bonds is 6. The summed E-state index contributed by atoms with van der Waals surface area (Å²) < 4.78 is 4.91. The van der Waals surface area contributed by atoms with Gasteiger partial charge < -0.3 is 4.74 Å². The average Bonchev–Trinajstić information content (AvgIpc) is 2.09. The molecule has 2 nitrogen and oxygen atoms in total. The number of esters is 1. The number of hydrogen-bond donors (Lipinski definition) is 0. The van der Waals surface area contributed by atoms with Crippen LogP contribution in [0.4, 0.5) is 0 Å². The maximum atomic E-state index is 10.9. The van der Waals surface area contributed by atoms with E-state index in [9.17, 15) is 4.79 Å². The highest BCUT2D eigenvalue weighted by Crippen LogP contribution is 1.98. The lowest BCUT2D eigenvalue weighted by atomic mass is 10.2. The van der Waals surface area contributed by atoms with Gasteiger partial charge in [-0.15, -0.1) is 0 Å². The normalized spacial score (nSPS) is 10.5. The number of hydrogen-bond acceptors (Lipinski definition) is 2. The van der Waals surface area contributed by atoms with Crippen LogP contribution in [0.2, 0.25) is 0 Å². The van der Waals surface area contributed by atoms with Gasteiger partial charge in [0.2, 0.25) is 0 Å². The Hall–Kier alpha value is -0.790. The number of allylic oxidation sites excluding steroid dienone is 2. The number of carbonyl (C=O) groups excluding carboxylic acids is 1. The zero-order chi connectivity index (χ0) is 9.23. The molecule has 0 amide bonds. The molecule has 0 bridgehead atoms. The number of unbranched alkanes of at least 4 members (excludes halogenated alkanes) is 1. The summed E-state index contributed by atoms with van der Waals surface area (Å²) in [6, 6.07) is 0. The van der Waals surface area contributed by atoms with Crippen LogP contribution in [0.1, 0.15) is 39.5 Å². The van der Waals surface area contributed by atoms with Crippen LogP contribution >= 0.6 is 0 Å². The van der Waals surface area contributed by atoms with Crippen molar-refractivity contribution in [2.45, 2.75) is 39.5 Å². The van der Waals surface area contributed by atoms with E-state index >= 15 is 0 Å². The highest BCUT2D eigenvalue weighted by Gasteiger charge is 1.99. The Morgan fingerprint density at radius 2 is 2.25 bits per heavy atom. The molecule has 70 valence electrons. The highest BCUT2D eigenvalue weighted by atomic mass is 16.5. The van der Waals surface area contributed by atoms with Crippen LogP contribution in [-0.4, -0.2) is 12.6 Å². The van der Waals surface area contributed by atoms with E-state index in [0.717, 1.165) is 19.3 Å². The molecule has 0 aliphatic carbocycles. The molecule has 0 spiro atoms. The Bertz CT molecular complexity index is 139. The molecule has 0 aliphatic heterocycles. The first-order chi connectivity index (χ1) is 5.81. The molecule has 0 saturated carbocycles. The molecule has 12 heavy (non-hydrogen) atoms. The standard InChI is InChI=1S/C10H18O2/c1-3-5-6-7-8-10(11)12-9-4-2/h3,5H,4,6-9H2,1-2H3/b5-3-.